The molecule has 7 nitrogen and oxygen atoms in total. The average Bonchev–Trinajstić information content (AvgIpc) is 2.74. The number of nitrogens with zero attached hydrogens (tertiary/aromatic N) is 1. The molecule has 170 valence electrons. The highest BCUT2D eigenvalue weighted by atomic mass is 32.1. The van der Waals surface area contributed by atoms with E-state index in [1.165, 1.54) is 11.0 Å². The molecular weight excluding hydrogens is 428 g/mol. The van der Waals surface area contributed by atoms with Crippen molar-refractivity contribution in [2.24, 2.45) is 0 Å². The number of allylic oxidation sites excluding steroid dienone is 1. The Balaban J connectivity index is 1.83. The molecule has 0 radical (unpaired) electrons. The lowest BCUT2D eigenvalue weighted by molar-refractivity contribution is -0.155. The molecule has 0 aliphatic carbocycles. The molecular formula is C24H28N2O5S. The highest BCUT2D eigenvalue weighted by molar-refractivity contribution is 7.80. The third-order valence-electron chi connectivity index (χ3n) is 5.18. The zero-order valence-electron chi connectivity index (χ0n) is 18.6. The maximum atomic E-state index is 13.0. The Morgan fingerprint density at radius 3 is 2.59 bits per heavy atom. The summed E-state index contributed by atoms with van der Waals surface area (Å²) in [5, 5.41) is 2.63. The molecule has 8 heteroatoms. The number of hydrogen-bond donors (Lipinski definition) is 1. The third-order valence-corrected chi connectivity index (χ3v) is 5.57. The van der Waals surface area contributed by atoms with Crippen LogP contribution in [0.1, 0.15) is 39.2 Å². The molecule has 1 saturated heterocycles. The van der Waals surface area contributed by atoms with Gasteiger partial charge in [-0.25, -0.2) is 9.59 Å². The molecule has 2 heterocycles. The van der Waals surface area contributed by atoms with Crippen molar-refractivity contribution in [3.63, 3.8) is 0 Å². The highest BCUT2D eigenvalue weighted by Crippen LogP contribution is 2.38. The number of ether oxygens (including phenoxy) is 2. The second-order valence-electron chi connectivity index (χ2n) is 8.74. The number of benzene rings is 1. The van der Waals surface area contributed by atoms with Crippen LogP contribution in [0.25, 0.3) is 0 Å². The van der Waals surface area contributed by atoms with E-state index in [1.54, 1.807) is 20.8 Å². The van der Waals surface area contributed by atoms with Gasteiger partial charge in [0.25, 0.3) is 5.91 Å². The van der Waals surface area contributed by atoms with Gasteiger partial charge in [0.2, 0.25) is 0 Å². The summed E-state index contributed by atoms with van der Waals surface area (Å²) in [5.74, 6) is -1.00. The van der Waals surface area contributed by atoms with E-state index in [1.807, 2.05) is 30.3 Å². The molecule has 1 fully saturated rings. The Bertz CT molecular complexity index is 964. The van der Waals surface area contributed by atoms with Crippen molar-refractivity contribution in [1.29, 1.82) is 0 Å². The fourth-order valence-electron chi connectivity index (χ4n) is 3.85. The van der Waals surface area contributed by atoms with Crippen LogP contribution in [0.2, 0.25) is 0 Å². The van der Waals surface area contributed by atoms with Crippen molar-refractivity contribution in [2.45, 2.75) is 57.7 Å². The van der Waals surface area contributed by atoms with E-state index >= 15 is 0 Å². The first-order valence-electron chi connectivity index (χ1n) is 10.5. The first-order valence-corrected chi connectivity index (χ1v) is 10.9. The van der Waals surface area contributed by atoms with Crippen molar-refractivity contribution in [3.05, 3.63) is 59.8 Å². The number of carbonyl (C=O) groups is 3. The van der Waals surface area contributed by atoms with Crippen molar-refractivity contribution < 1.29 is 23.9 Å². The molecule has 1 N–H and O–H groups in total. The van der Waals surface area contributed by atoms with Gasteiger partial charge in [0.1, 0.15) is 23.9 Å². The van der Waals surface area contributed by atoms with Gasteiger partial charge in [0.05, 0.1) is 6.04 Å². The number of amides is 2. The van der Waals surface area contributed by atoms with Crippen LogP contribution in [0.4, 0.5) is 4.79 Å². The zero-order valence-corrected chi connectivity index (χ0v) is 19.4. The minimum Gasteiger partial charge on any atom is -0.457 e. The molecule has 2 aliphatic rings. The second kappa shape index (κ2) is 9.65. The van der Waals surface area contributed by atoms with E-state index in [2.05, 4.69) is 11.9 Å². The number of β-lactam (4-membered cyclic amide) rings is 1. The summed E-state index contributed by atoms with van der Waals surface area (Å²) in [5.41, 5.74) is 1.14. The number of alkyl carbamates (subject to hydrolysis) is 1. The zero-order chi connectivity index (χ0) is 23.5. The van der Waals surface area contributed by atoms with Gasteiger partial charge in [0.15, 0.2) is 0 Å². The van der Waals surface area contributed by atoms with Crippen molar-refractivity contribution in [3.8, 4) is 0 Å². The second-order valence-corrected chi connectivity index (χ2v) is 9.23. The van der Waals surface area contributed by atoms with Gasteiger partial charge in [-0.2, -0.15) is 0 Å². The van der Waals surface area contributed by atoms with Gasteiger partial charge in [-0.1, -0.05) is 55.2 Å². The Morgan fingerprint density at radius 1 is 1.28 bits per heavy atom. The Hall–Kier alpha value is -3.00. The Morgan fingerprint density at radius 2 is 1.97 bits per heavy atom. The minimum atomic E-state index is -0.753. The van der Waals surface area contributed by atoms with Crippen LogP contribution < -0.4 is 5.32 Å². The van der Waals surface area contributed by atoms with Crippen LogP contribution >= 0.6 is 12.2 Å². The van der Waals surface area contributed by atoms with E-state index in [0.717, 1.165) is 5.56 Å². The van der Waals surface area contributed by atoms with Crippen molar-refractivity contribution in [2.75, 3.05) is 6.61 Å². The topological polar surface area (TPSA) is 84.9 Å². The highest BCUT2D eigenvalue weighted by Gasteiger charge is 2.54. The first kappa shape index (κ1) is 23.7. The van der Waals surface area contributed by atoms with E-state index < -0.39 is 23.7 Å². The normalized spacial score (nSPS) is 20.1. The van der Waals surface area contributed by atoms with Gasteiger partial charge in [-0.3, -0.25) is 9.69 Å². The predicted octanol–water partition coefficient (Wildman–Crippen LogP) is 3.48. The largest absolute Gasteiger partial charge is 0.457 e. The lowest BCUT2D eigenvalue weighted by Crippen LogP contribution is -2.72. The van der Waals surface area contributed by atoms with Crippen molar-refractivity contribution in [1.82, 2.24) is 10.2 Å². The summed E-state index contributed by atoms with van der Waals surface area (Å²) in [7, 11) is 0. The van der Waals surface area contributed by atoms with Gasteiger partial charge in [-0.15, -0.1) is 0 Å². The SMILES string of the molecule is C=CCOC(=O)C1=C(C(=S)Cc2ccccc2)CC[C@H]2[C@H](NC(=O)OC(C)(C)C)C(=O)N12. The summed E-state index contributed by atoms with van der Waals surface area (Å²) in [6.45, 7) is 8.83. The molecule has 32 heavy (non-hydrogen) atoms. The molecule has 0 spiro atoms. The quantitative estimate of drug-likeness (QED) is 0.293. The van der Waals surface area contributed by atoms with Crippen LogP contribution in [-0.4, -0.2) is 52.0 Å². The van der Waals surface area contributed by atoms with E-state index in [9.17, 15) is 14.4 Å². The summed E-state index contributed by atoms with van der Waals surface area (Å²) in [4.78, 5) is 40.0. The first-order chi connectivity index (χ1) is 15.1. The van der Waals surface area contributed by atoms with Crippen LogP contribution in [0, 0.1) is 0 Å². The lowest BCUT2D eigenvalue weighted by atomic mass is 9.82. The van der Waals surface area contributed by atoms with Crippen LogP contribution in [-0.2, 0) is 25.5 Å². The molecule has 2 aliphatic heterocycles. The van der Waals surface area contributed by atoms with Crippen LogP contribution in [0.5, 0.6) is 0 Å². The number of nitrogens with one attached hydrogen (secondary N) is 1. The Labute approximate surface area is 193 Å². The van der Waals surface area contributed by atoms with E-state index in [0.29, 0.717) is 29.7 Å². The van der Waals surface area contributed by atoms with Crippen molar-refractivity contribution >= 4 is 35.1 Å². The molecule has 0 aromatic heterocycles. The minimum absolute atomic E-state index is 0.0212. The monoisotopic (exact) mass is 456 g/mol. The number of thiocarbonyl (C=S) groups is 1. The standard InChI is InChI=1S/C24H28N2O5S/c1-5-13-30-22(28)20-16(18(32)14-15-9-7-6-8-10-15)11-12-17-19(21(27)26(17)20)25-23(29)31-24(2,3)4/h5-10,17,19H,1,11-14H2,2-4H3,(H,25,29)/t17-,19-/m0/s1. The smallest absolute Gasteiger partial charge is 0.408 e. The number of fused-ring (bicyclic) bond motifs is 1. The number of esters is 1. The van der Waals surface area contributed by atoms with E-state index in [4.69, 9.17) is 21.7 Å². The fraction of sp³-hybridized carbons (Fsp3) is 0.417. The fourth-order valence-corrected chi connectivity index (χ4v) is 4.21. The Kier molecular flexibility index (Phi) is 7.13. The predicted molar refractivity (Wildman–Crippen MR) is 124 cm³/mol. The summed E-state index contributed by atoms with van der Waals surface area (Å²) < 4.78 is 10.5. The molecule has 0 bridgehead atoms. The number of carbonyl (C=O) groups excluding carboxylic acids is 3. The molecule has 3 rings (SSSR count). The van der Waals surface area contributed by atoms with Gasteiger partial charge >= 0.3 is 12.1 Å². The lowest BCUT2D eigenvalue weighted by Gasteiger charge is -2.50. The maximum absolute atomic E-state index is 13.0. The molecule has 1 aromatic rings. The van der Waals surface area contributed by atoms with Gasteiger partial charge < -0.3 is 14.8 Å². The third kappa shape index (κ3) is 5.24. The molecule has 2 amide bonds. The molecule has 2 atom stereocenters. The van der Waals surface area contributed by atoms with Gasteiger partial charge in [0, 0.05) is 11.3 Å². The van der Waals surface area contributed by atoms with Crippen LogP contribution in [0.15, 0.2) is 54.3 Å². The van der Waals surface area contributed by atoms with Crippen LogP contribution in [0.3, 0.4) is 0 Å². The number of rotatable bonds is 7. The number of hydrogen-bond acceptors (Lipinski definition) is 6. The molecule has 1 aromatic carbocycles. The maximum Gasteiger partial charge on any atom is 0.408 e. The molecule has 0 saturated carbocycles. The van der Waals surface area contributed by atoms with Gasteiger partial charge in [-0.05, 0) is 44.7 Å². The average molecular weight is 457 g/mol. The summed E-state index contributed by atoms with van der Waals surface area (Å²) >= 11 is 5.66. The van der Waals surface area contributed by atoms with E-state index in [-0.39, 0.29) is 24.3 Å². The summed E-state index contributed by atoms with van der Waals surface area (Å²) in [6.07, 6.45) is 2.35. The molecule has 0 unspecified atom stereocenters. The summed E-state index contributed by atoms with van der Waals surface area (Å²) in [6, 6.07) is 8.59.